The molecule has 12 heteroatoms. The Morgan fingerprint density at radius 2 is 1.77 bits per heavy atom. The Kier molecular flexibility index (Phi) is 8.78. The van der Waals surface area contributed by atoms with Gasteiger partial charge in [-0.3, -0.25) is 19.5 Å². The van der Waals surface area contributed by atoms with Crippen molar-refractivity contribution in [2.75, 3.05) is 27.1 Å². The number of fused-ring (bicyclic) bond motifs is 1. The Labute approximate surface area is 254 Å². The van der Waals surface area contributed by atoms with E-state index in [9.17, 15) is 19.7 Å². The van der Waals surface area contributed by atoms with Crippen LogP contribution in [0.25, 0.3) is 11.8 Å². The summed E-state index contributed by atoms with van der Waals surface area (Å²) >= 11 is 2.65. The highest BCUT2D eigenvalue weighted by Crippen LogP contribution is 2.37. The summed E-state index contributed by atoms with van der Waals surface area (Å²) in [6.45, 7) is 1.85. The maximum absolute atomic E-state index is 14.1. The van der Waals surface area contributed by atoms with Crippen molar-refractivity contribution in [3.63, 3.8) is 0 Å². The molecule has 1 atom stereocenters. The monoisotopic (exact) mass is 617 g/mol. The third-order valence-electron chi connectivity index (χ3n) is 6.82. The minimum Gasteiger partial charge on any atom is -0.493 e. The quantitative estimate of drug-likeness (QED) is 0.116. The average Bonchev–Trinajstić information content (AvgIpc) is 3.34. The molecule has 43 heavy (non-hydrogen) atoms. The molecule has 0 bridgehead atoms. The average molecular weight is 618 g/mol. The molecule has 1 aromatic heterocycles. The van der Waals surface area contributed by atoms with Crippen molar-refractivity contribution in [3.05, 3.63) is 119 Å². The van der Waals surface area contributed by atoms with Gasteiger partial charge in [0, 0.05) is 10.5 Å². The molecule has 3 aromatic carbocycles. The lowest BCUT2D eigenvalue weighted by molar-refractivity contribution is -0.385. The van der Waals surface area contributed by atoms with Gasteiger partial charge in [-0.15, -0.1) is 11.8 Å². The number of benzene rings is 3. The highest BCUT2D eigenvalue weighted by molar-refractivity contribution is 7.98. The second-order valence-electron chi connectivity index (χ2n) is 9.23. The number of methoxy groups -OCH3 is 2. The van der Waals surface area contributed by atoms with E-state index in [2.05, 4.69) is 0 Å². The van der Waals surface area contributed by atoms with Crippen LogP contribution in [0.1, 0.15) is 29.7 Å². The molecule has 0 fully saturated rings. The third-order valence-corrected chi connectivity index (χ3v) is 8.55. The molecule has 1 aliphatic rings. The number of hydrogen-bond acceptors (Lipinski definition) is 10. The number of carbonyl (C=O) groups excluding carboxylic acids is 1. The molecular weight excluding hydrogens is 590 g/mol. The van der Waals surface area contributed by atoms with Crippen LogP contribution in [0.4, 0.5) is 5.69 Å². The summed E-state index contributed by atoms with van der Waals surface area (Å²) in [4.78, 5) is 45.3. The number of thioether (sulfide) groups is 1. The Balaban J connectivity index is 1.83. The molecule has 0 radical (unpaired) electrons. The number of carbonyl (C=O) groups is 1. The van der Waals surface area contributed by atoms with E-state index in [1.54, 1.807) is 18.7 Å². The van der Waals surface area contributed by atoms with Crippen LogP contribution in [0.15, 0.2) is 87.0 Å². The molecule has 0 spiro atoms. The molecule has 1 aliphatic heterocycles. The van der Waals surface area contributed by atoms with Gasteiger partial charge < -0.3 is 14.2 Å². The van der Waals surface area contributed by atoms with Gasteiger partial charge in [0.2, 0.25) is 0 Å². The molecule has 5 rings (SSSR count). The molecule has 220 valence electrons. The standard InChI is InChI=1S/C31H27N3O7S2/c1-5-41-30(36)26-27(18-9-7-6-8-10-18)32-31-33(28(26)19-11-13-21(42-4)14-12-19)29(35)25(43-31)16-20-15-23(39-2)24(40-3)17-22(20)34(37)38/h6-17,28H,5H2,1-4H3/b25-16-/t28-/m1/s1. The van der Waals surface area contributed by atoms with Gasteiger partial charge in [-0.05, 0) is 43.0 Å². The molecule has 0 amide bonds. The third kappa shape index (κ3) is 5.71. The topological polar surface area (TPSA) is 122 Å². The van der Waals surface area contributed by atoms with E-state index in [-0.39, 0.29) is 39.5 Å². The lowest BCUT2D eigenvalue weighted by Gasteiger charge is -2.26. The van der Waals surface area contributed by atoms with Crippen LogP contribution in [-0.4, -0.2) is 42.5 Å². The lowest BCUT2D eigenvalue weighted by Crippen LogP contribution is -2.40. The summed E-state index contributed by atoms with van der Waals surface area (Å²) < 4.78 is 17.7. The smallest absolute Gasteiger partial charge is 0.338 e. The Morgan fingerprint density at radius 1 is 1.09 bits per heavy atom. The molecule has 4 aromatic rings. The van der Waals surface area contributed by atoms with Crippen LogP contribution >= 0.6 is 23.1 Å². The number of hydrogen-bond donors (Lipinski definition) is 0. The Bertz CT molecular complexity index is 1910. The molecule has 0 saturated carbocycles. The van der Waals surface area contributed by atoms with Crippen molar-refractivity contribution in [2.45, 2.75) is 17.9 Å². The zero-order valence-electron chi connectivity index (χ0n) is 23.7. The number of nitro groups is 1. The first-order valence-corrected chi connectivity index (χ1v) is 15.2. The van der Waals surface area contributed by atoms with E-state index in [1.807, 2.05) is 60.9 Å². The predicted octanol–water partition coefficient (Wildman–Crippen LogP) is 4.58. The fourth-order valence-electron chi connectivity index (χ4n) is 4.84. The van der Waals surface area contributed by atoms with Crippen molar-refractivity contribution in [2.24, 2.45) is 4.99 Å². The normalized spacial score (nSPS) is 14.6. The van der Waals surface area contributed by atoms with Crippen LogP contribution < -0.4 is 24.4 Å². The first kappa shape index (κ1) is 29.8. The molecule has 0 aliphatic carbocycles. The van der Waals surface area contributed by atoms with E-state index >= 15 is 0 Å². The first-order valence-electron chi connectivity index (χ1n) is 13.1. The molecular formula is C31H27N3O7S2. The summed E-state index contributed by atoms with van der Waals surface area (Å²) in [6, 6.07) is 18.7. The number of aromatic nitrogens is 1. The van der Waals surface area contributed by atoms with Crippen LogP contribution in [0.3, 0.4) is 0 Å². The zero-order valence-corrected chi connectivity index (χ0v) is 25.4. The Morgan fingerprint density at radius 3 is 2.37 bits per heavy atom. The van der Waals surface area contributed by atoms with Gasteiger partial charge in [0.1, 0.15) is 0 Å². The molecule has 2 heterocycles. The second kappa shape index (κ2) is 12.7. The molecule has 0 N–H and O–H groups in total. The number of nitro benzene ring substituents is 1. The first-order chi connectivity index (χ1) is 20.8. The predicted molar refractivity (Wildman–Crippen MR) is 165 cm³/mol. The SMILES string of the molecule is CCOC(=O)C1=C(c2ccccc2)N=c2s/c(=C\c3cc(OC)c(OC)cc3[N+](=O)[O-])c(=O)n2[C@@H]1c1ccc(SC)cc1. The van der Waals surface area contributed by atoms with E-state index < -0.39 is 22.5 Å². The summed E-state index contributed by atoms with van der Waals surface area (Å²) in [6.07, 6.45) is 3.40. The lowest BCUT2D eigenvalue weighted by atomic mass is 9.93. The van der Waals surface area contributed by atoms with Crippen molar-refractivity contribution in [1.29, 1.82) is 0 Å². The molecule has 0 unspecified atom stereocenters. The fourth-order valence-corrected chi connectivity index (χ4v) is 6.24. The second-order valence-corrected chi connectivity index (χ2v) is 11.1. The van der Waals surface area contributed by atoms with Crippen LogP contribution in [0.5, 0.6) is 11.5 Å². The van der Waals surface area contributed by atoms with E-state index in [0.29, 0.717) is 21.6 Å². The maximum Gasteiger partial charge on any atom is 0.338 e. The van der Waals surface area contributed by atoms with Crippen molar-refractivity contribution in [3.8, 4) is 11.5 Å². The van der Waals surface area contributed by atoms with Gasteiger partial charge in [-0.25, -0.2) is 9.79 Å². The van der Waals surface area contributed by atoms with Crippen LogP contribution in [0, 0.1) is 10.1 Å². The molecule has 0 saturated heterocycles. The fraction of sp³-hybridized carbons (Fsp3) is 0.194. The van der Waals surface area contributed by atoms with Gasteiger partial charge >= 0.3 is 5.97 Å². The van der Waals surface area contributed by atoms with Gasteiger partial charge in [-0.1, -0.05) is 53.8 Å². The summed E-state index contributed by atoms with van der Waals surface area (Å²) in [5.41, 5.74) is 1.43. The van der Waals surface area contributed by atoms with Gasteiger partial charge in [0.05, 0.1) is 59.2 Å². The maximum atomic E-state index is 14.1. The minimum absolute atomic E-state index is 0.135. The van der Waals surface area contributed by atoms with Crippen LogP contribution in [0.2, 0.25) is 0 Å². The Hall–Kier alpha value is -4.68. The summed E-state index contributed by atoms with van der Waals surface area (Å²) in [7, 11) is 2.81. The highest BCUT2D eigenvalue weighted by Gasteiger charge is 2.35. The number of nitrogens with zero attached hydrogens (tertiary/aromatic N) is 3. The summed E-state index contributed by atoms with van der Waals surface area (Å²) in [5, 5.41) is 12.0. The largest absolute Gasteiger partial charge is 0.493 e. The van der Waals surface area contributed by atoms with Crippen molar-refractivity contribution < 1.29 is 23.9 Å². The van der Waals surface area contributed by atoms with E-state index in [1.165, 1.54) is 37.0 Å². The van der Waals surface area contributed by atoms with Crippen LogP contribution in [-0.2, 0) is 9.53 Å². The summed E-state index contributed by atoms with van der Waals surface area (Å²) in [5.74, 6) is -0.128. The van der Waals surface area contributed by atoms with Crippen molar-refractivity contribution in [1.82, 2.24) is 4.57 Å². The highest BCUT2D eigenvalue weighted by atomic mass is 32.2. The minimum atomic E-state index is -0.857. The van der Waals surface area contributed by atoms with Gasteiger partial charge in [-0.2, -0.15) is 0 Å². The number of esters is 1. The zero-order chi connectivity index (χ0) is 30.7. The number of rotatable bonds is 9. The van der Waals surface area contributed by atoms with Gasteiger partial charge in [0.25, 0.3) is 11.2 Å². The van der Waals surface area contributed by atoms with Crippen molar-refractivity contribution >= 4 is 46.5 Å². The van der Waals surface area contributed by atoms with E-state index in [0.717, 1.165) is 16.2 Å². The number of ether oxygens (including phenoxy) is 3. The van der Waals surface area contributed by atoms with Gasteiger partial charge in [0.15, 0.2) is 16.3 Å². The number of thiazole rings is 1. The van der Waals surface area contributed by atoms with E-state index in [4.69, 9.17) is 19.2 Å². The molecule has 10 nitrogen and oxygen atoms in total.